The summed E-state index contributed by atoms with van der Waals surface area (Å²) in [4.78, 5) is 3.60. The van der Waals surface area contributed by atoms with Crippen LogP contribution >= 0.6 is 0 Å². The van der Waals surface area contributed by atoms with Crippen molar-refractivity contribution in [2.75, 3.05) is 0 Å². The van der Waals surface area contributed by atoms with Crippen LogP contribution in [0.4, 0.5) is 8.78 Å². The molecule has 0 fully saturated rings. The third kappa shape index (κ3) is 2.30. The predicted octanol–water partition coefficient (Wildman–Crippen LogP) is 1.42. The van der Waals surface area contributed by atoms with Gasteiger partial charge in [-0.25, -0.2) is 13.8 Å². The molecule has 4 nitrogen and oxygen atoms in total. The van der Waals surface area contributed by atoms with Gasteiger partial charge in [0.05, 0.1) is 23.7 Å². The van der Waals surface area contributed by atoms with E-state index in [9.17, 15) is 8.78 Å². The van der Waals surface area contributed by atoms with Crippen molar-refractivity contribution in [1.82, 2.24) is 4.98 Å². The number of nitriles is 2. The summed E-state index contributed by atoms with van der Waals surface area (Å²) in [6, 6.07) is 4.71. The molecule has 0 aliphatic heterocycles. The maximum Gasteiger partial charge on any atom is 0.280 e. The topological polar surface area (TPSA) is 86.5 Å². The van der Waals surface area contributed by atoms with E-state index in [0.29, 0.717) is 0 Å². The number of rotatable bonds is 3. The molecule has 0 unspecified atom stereocenters. The lowest BCUT2D eigenvalue weighted by molar-refractivity contribution is 0.145. The van der Waals surface area contributed by atoms with Crippen molar-refractivity contribution in [2.24, 2.45) is 5.73 Å². The highest BCUT2D eigenvalue weighted by molar-refractivity contribution is 5.43. The lowest BCUT2D eigenvalue weighted by Gasteiger charge is -2.08. The Kier molecular flexibility index (Phi) is 3.87. The minimum Gasteiger partial charge on any atom is -0.325 e. The van der Waals surface area contributed by atoms with E-state index in [1.54, 1.807) is 0 Å². The Labute approximate surface area is 90.9 Å². The number of halogens is 2. The van der Waals surface area contributed by atoms with Gasteiger partial charge < -0.3 is 5.73 Å². The minimum atomic E-state index is -2.74. The van der Waals surface area contributed by atoms with Crippen molar-refractivity contribution >= 4 is 0 Å². The van der Waals surface area contributed by atoms with E-state index in [0.717, 1.165) is 6.07 Å². The van der Waals surface area contributed by atoms with Crippen molar-refractivity contribution in [1.29, 1.82) is 10.5 Å². The second-order valence-corrected chi connectivity index (χ2v) is 2.98. The van der Waals surface area contributed by atoms with Gasteiger partial charge in [0.15, 0.2) is 0 Å². The molecule has 1 aromatic rings. The van der Waals surface area contributed by atoms with Crippen LogP contribution in [0.5, 0.6) is 0 Å². The molecule has 0 radical (unpaired) electrons. The molecule has 1 aromatic heterocycles. The first-order chi connectivity index (χ1) is 7.63. The summed E-state index contributed by atoms with van der Waals surface area (Å²) < 4.78 is 24.9. The van der Waals surface area contributed by atoms with Crippen molar-refractivity contribution in [3.05, 3.63) is 28.6 Å². The molecule has 0 aliphatic rings. The molecule has 0 saturated carbocycles. The maximum absolute atomic E-state index is 12.5. The summed E-state index contributed by atoms with van der Waals surface area (Å²) in [6.07, 6.45) is -2.85. The maximum atomic E-state index is 12.5. The molecule has 16 heavy (non-hydrogen) atoms. The molecular formula is C10H8F2N4. The Bertz CT molecular complexity index is 471. The Morgan fingerprint density at radius 1 is 1.44 bits per heavy atom. The van der Waals surface area contributed by atoms with Crippen LogP contribution in [0, 0.1) is 22.7 Å². The molecule has 1 rings (SSSR count). The monoisotopic (exact) mass is 222 g/mol. The predicted molar refractivity (Wildman–Crippen MR) is 51.1 cm³/mol. The molecule has 1 heterocycles. The Hall–Kier alpha value is -2.05. The first kappa shape index (κ1) is 12.0. The van der Waals surface area contributed by atoms with Crippen molar-refractivity contribution in [2.45, 2.75) is 19.4 Å². The number of pyridine rings is 1. The van der Waals surface area contributed by atoms with Gasteiger partial charge in [-0.2, -0.15) is 10.5 Å². The van der Waals surface area contributed by atoms with Gasteiger partial charge in [-0.1, -0.05) is 0 Å². The van der Waals surface area contributed by atoms with Gasteiger partial charge in [0.2, 0.25) is 0 Å². The van der Waals surface area contributed by atoms with E-state index in [4.69, 9.17) is 16.3 Å². The van der Waals surface area contributed by atoms with Gasteiger partial charge in [0.1, 0.15) is 11.8 Å². The molecule has 0 amide bonds. The molecule has 6 heteroatoms. The fourth-order valence-electron chi connectivity index (χ4n) is 1.30. The van der Waals surface area contributed by atoms with E-state index in [-0.39, 0.29) is 29.8 Å². The summed E-state index contributed by atoms with van der Waals surface area (Å²) in [5, 5.41) is 17.4. The summed E-state index contributed by atoms with van der Waals surface area (Å²) >= 11 is 0. The van der Waals surface area contributed by atoms with E-state index < -0.39 is 12.1 Å². The first-order valence-corrected chi connectivity index (χ1v) is 4.42. The van der Waals surface area contributed by atoms with Gasteiger partial charge in [-0.15, -0.1) is 0 Å². The summed E-state index contributed by atoms with van der Waals surface area (Å²) in [6.45, 7) is -0.109. The van der Waals surface area contributed by atoms with Gasteiger partial charge in [0.25, 0.3) is 6.43 Å². The van der Waals surface area contributed by atoms with E-state index in [1.165, 1.54) is 0 Å². The fraction of sp³-hybridized carbons (Fsp3) is 0.300. The Morgan fingerprint density at radius 2 is 2.12 bits per heavy atom. The third-order valence-corrected chi connectivity index (χ3v) is 1.99. The third-order valence-electron chi connectivity index (χ3n) is 1.99. The van der Waals surface area contributed by atoms with Crippen molar-refractivity contribution in [3.8, 4) is 12.1 Å². The lowest BCUT2D eigenvalue weighted by atomic mass is 10.0. The molecule has 0 atom stereocenters. The van der Waals surface area contributed by atoms with E-state index >= 15 is 0 Å². The molecular weight excluding hydrogens is 214 g/mol. The molecule has 2 N–H and O–H groups in total. The molecule has 0 aromatic carbocycles. The van der Waals surface area contributed by atoms with Crippen LogP contribution in [-0.2, 0) is 13.0 Å². The number of nitrogens with zero attached hydrogens (tertiary/aromatic N) is 3. The van der Waals surface area contributed by atoms with Crippen LogP contribution in [0.1, 0.15) is 28.9 Å². The van der Waals surface area contributed by atoms with Crippen LogP contribution in [0.25, 0.3) is 0 Å². The average molecular weight is 222 g/mol. The zero-order valence-electron chi connectivity index (χ0n) is 8.24. The SMILES string of the molecule is N#CCc1cc(C(F)F)nc(CN)c1C#N. The number of hydrogen-bond donors (Lipinski definition) is 1. The number of hydrogen-bond acceptors (Lipinski definition) is 4. The van der Waals surface area contributed by atoms with Gasteiger partial charge >= 0.3 is 0 Å². The standard InChI is InChI=1S/C10H8F2N4/c11-10(12)8-3-6(1-2-13)7(4-14)9(5-15)16-8/h3,10H,1,5,15H2. The van der Waals surface area contributed by atoms with Gasteiger partial charge in [0, 0.05) is 6.54 Å². The smallest absolute Gasteiger partial charge is 0.280 e. The highest BCUT2D eigenvalue weighted by Crippen LogP contribution is 2.22. The van der Waals surface area contributed by atoms with Crippen molar-refractivity contribution in [3.63, 3.8) is 0 Å². The summed E-state index contributed by atoms with van der Waals surface area (Å²) in [5.41, 5.74) is 5.33. The Balaban J connectivity index is 3.40. The molecule has 0 bridgehead atoms. The first-order valence-electron chi connectivity index (χ1n) is 4.42. The normalized spacial score (nSPS) is 9.88. The fourth-order valence-corrected chi connectivity index (χ4v) is 1.30. The number of alkyl halides is 2. The second kappa shape index (κ2) is 5.15. The van der Waals surface area contributed by atoms with Crippen molar-refractivity contribution < 1.29 is 8.78 Å². The zero-order valence-corrected chi connectivity index (χ0v) is 8.24. The van der Waals surface area contributed by atoms with Crippen LogP contribution in [0.2, 0.25) is 0 Å². The van der Waals surface area contributed by atoms with Crippen LogP contribution in [-0.4, -0.2) is 4.98 Å². The summed E-state index contributed by atoms with van der Waals surface area (Å²) in [5.74, 6) is 0. The van der Waals surface area contributed by atoms with E-state index in [1.807, 2.05) is 12.1 Å². The summed E-state index contributed by atoms with van der Waals surface area (Å²) in [7, 11) is 0. The Morgan fingerprint density at radius 3 is 2.56 bits per heavy atom. The van der Waals surface area contributed by atoms with Gasteiger partial charge in [-0.05, 0) is 11.6 Å². The van der Waals surface area contributed by atoms with Crippen LogP contribution < -0.4 is 5.73 Å². The lowest BCUT2D eigenvalue weighted by Crippen LogP contribution is -2.08. The molecule has 0 saturated heterocycles. The van der Waals surface area contributed by atoms with Gasteiger partial charge in [-0.3, -0.25) is 0 Å². The van der Waals surface area contributed by atoms with Crippen LogP contribution in [0.3, 0.4) is 0 Å². The second-order valence-electron chi connectivity index (χ2n) is 2.98. The molecule has 82 valence electrons. The molecule has 0 spiro atoms. The number of aromatic nitrogens is 1. The largest absolute Gasteiger partial charge is 0.325 e. The van der Waals surface area contributed by atoms with E-state index in [2.05, 4.69) is 4.98 Å². The average Bonchev–Trinajstić information content (AvgIpc) is 2.28. The number of nitrogens with two attached hydrogens (primary N) is 1. The highest BCUT2D eigenvalue weighted by atomic mass is 19.3. The minimum absolute atomic E-state index is 0.102. The van der Waals surface area contributed by atoms with Crippen LogP contribution in [0.15, 0.2) is 6.07 Å². The highest BCUT2D eigenvalue weighted by Gasteiger charge is 2.16. The molecule has 0 aliphatic carbocycles. The quantitative estimate of drug-likeness (QED) is 0.837. The zero-order chi connectivity index (χ0) is 12.1.